The Balaban J connectivity index is 2.41. The Morgan fingerprint density at radius 3 is 2.52 bits per heavy atom. The predicted molar refractivity (Wildman–Crippen MR) is 81.7 cm³/mol. The molecule has 3 N–H and O–H groups in total. The fourth-order valence-electron chi connectivity index (χ4n) is 2.18. The number of nitrogens with two attached hydrogens (primary N) is 1. The van der Waals surface area contributed by atoms with Crippen LogP contribution in [0.1, 0.15) is 62.5 Å². The molecule has 0 saturated heterocycles. The van der Waals surface area contributed by atoms with Crippen molar-refractivity contribution in [2.75, 3.05) is 13.1 Å². The summed E-state index contributed by atoms with van der Waals surface area (Å²) in [6.45, 7) is 3.18. The van der Waals surface area contributed by atoms with E-state index in [1.54, 1.807) is 17.3 Å². The van der Waals surface area contributed by atoms with Crippen molar-refractivity contribution < 1.29 is 9.59 Å². The van der Waals surface area contributed by atoms with Crippen molar-refractivity contribution >= 4 is 11.8 Å². The molecule has 1 heterocycles. The van der Waals surface area contributed by atoms with Gasteiger partial charge in [0.15, 0.2) is 5.82 Å². The van der Waals surface area contributed by atoms with Gasteiger partial charge < -0.3 is 15.6 Å². The molecule has 0 unspecified atom stereocenters. The summed E-state index contributed by atoms with van der Waals surface area (Å²) in [5.41, 5.74) is 5.17. The lowest BCUT2D eigenvalue weighted by Gasteiger charge is -2.21. The Morgan fingerprint density at radius 1 is 1.19 bits per heavy atom. The minimum Gasteiger partial charge on any atom is -0.370 e. The highest BCUT2D eigenvalue weighted by molar-refractivity contribution is 5.90. The van der Waals surface area contributed by atoms with E-state index in [4.69, 9.17) is 5.73 Å². The van der Waals surface area contributed by atoms with Gasteiger partial charge in [0.25, 0.3) is 5.91 Å². The van der Waals surface area contributed by atoms with Crippen LogP contribution in [0.5, 0.6) is 0 Å². The molecular weight excluding hydrogens is 268 g/mol. The molecule has 0 atom stereocenters. The van der Waals surface area contributed by atoms with E-state index in [0.717, 1.165) is 12.8 Å². The molecule has 2 amide bonds. The zero-order valence-electron chi connectivity index (χ0n) is 12.8. The smallest absolute Gasteiger partial charge is 0.289 e. The SMILES string of the molecule is CCCCCCCCN(CCC(N)=O)C(=O)c1ncc[nH]1. The molecule has 6 nitrogen and oxygen atoms in total. The summed E-state index contributed by atoms with van der Waals surface area (Å²) in [4.78, 5) is 31.6. The first-order valence-electron chi connectivity index (χ1n) is 7.72. The second-order valence-electron chi connectivity index (χ2n) is 5.21. The topological polar surface area (TPSA) is 92.1 Å². The van der Waals surface area contributed by atoms with E-state index in [1.807, 2.05) is 0 Å². The van der Waals surface area contributed by atoms with Crippen LogP contribution < -0.4 is 5.73 Å². The molecule has 118 valence electrons. The van der Waals surface area contributed by atoms with Crippen molar-refractivity contribution in [1.82, 2.24) is 14.9 Å². The summed E-state index contributed by atoms with van der Waals surface area (Å²) in [6, 6.07) is 0. The maximum Gasteiger partial charge on any atom is 0.289 e. The summed E-state index contributed by atoms with van der Waals surface area (Å²) < 4.78 is 0. The Bertz CT molecular complexity index is 417. The summed E-state index contributed by atoms with van der Waals surface area (Å²) in [5.74, 6) is -0.254. The average Bonchev–Trinajstić information content (AvgIpc) is 2.99. The molecule has 0 fully saturated rings. The molecule has 1 rings (SSSR count). The van der Waals surface area contributed by atoms with E-state index >= 15 is 0 Å². The van der Waals surface area contributed by atoms with Crippen molar-refractivity contribution in [1.29, 1.82) is 0 Å². The third-order valence-corrected chi connectivity index (χ3v) is 3.40. The van der Waals surface area contributed by atoms with Crippen LogP contribution in [-0.2, 0) is 4.79 Å². The number of unbranched alkanes of at least 4 members (excludes halogenated alkanes) is 5. The quantitative estimate of drug-likeness (QED) is 0.612. The number of carbonyl (C=O) groups excluding carboxylic acids is 2. The maximum absolute atomic E-state index is 12.3. The average molecular weight is 294 g/mol. The van der Waals surface area contributed by atoms with E-state index in [1.165, 1.54) is 25.7 Å². The molecule has 6 heteroatoms. The molecule has 0 aliphatic carbocycles. The highest BCUT2D eigenvalue weighted by atomic mass is 16.2. The van der Waals surface area contributed by atoms with Crippen molar-refractivity contribution in [3.8, 4) is 0 Å². The van der Waals surface area contributed by atoms with Gasteiger partial charge in [-0.15, -0.1) is 0 Å². The second-order valence-corrected chi connectivity index (χ2v) is 5.21. The van der Waals surface area contributed by atoms with Crippen LogP contribution in [0.4, 0.5) is 0 Å². The van der Waals surface area contributed by atoms with Gasteiger partial charge in [-0.1, -0.05) is 39.0 Å². The lowest BCUT2D eigenvalue weighted by atomic mass is 10.1. The molecular formula is C15H26N4O2. The van der Waals surface area contributed by atoms with Gasteiger partial charge in [0, 0.05) is 31.9 Å². The Hall–Kier alpha value is -1.85. The first kappa shape index (κ1) is 17.2. The molecule has 0 aliphatic rings. The molecule has 0 saturated carbocycles. The van der Waals surface area contributed by atoms with Gasteiger partial charge in [0.1, 0.15) is 0 Å². The van der Waals surface area contributed by atoms with E-state index in [2.05, 4.69) is 16.9 Å². The number of H-pyrrole nitrogens is 1. The Kier molecular flexibility index (Phi) is 8.16. The molecule has 1 aromatic rings. The van der Waals surface area contributed by atoms with E-state index in [-0.39, 0.29) is 12.3 Å². The van der Waals surface area contributed by atoms with Crippen LogP contribution in [0.2, 0.25) is 0 Å². The van der Waals surface area contributed by atoms with Gasteiger partial charge in [-0.25, -0.2) is 4.98 Å². The first-order chi connectivity index (χ1) is 10.1. The van der Waals surface area contributed by atoms with E-state index in [9.17, 15) is 9.59 Å². The standard InChI is InChI=1S/C15H26N4O2/c1-2-3-4-5-6-7-11-19(12-8-13(16)20)15(21)14-17-9-10-18-14/h9-10H,2-8,11-12H2,1H3,(H2,16,20)(H,17,18). The zero-order valence-corrected chi connectivity index (χ0v) is 12.8. The third-order valence-electron chi connectivity index (χ3n) is 3.40. The highest BCUT2D eigenvalue weighted by Crippen LogP contribution is 2.08. The zero-order chi connectivity index (χ0) is 15.5. The van der Waals surface area contributed by atoms with Gasteiger partial charge in [-0.05, 0) is 6.42 Å². The number of aromatic nitrogens is 2. The number of hydrogen-bond acceptors (Lipinski definition) is 3. The van der Waals surface area contributed by atoms with Crippen molar-refractivity contribution in [3.63, 3.8) is 0 Å². The fraction of sp³-hybridized carbons (Fsp3) is 0.667. The molecule has 21 heavy (non-hydrogen) atoms. The lowest BCUT2D eigenvalue weighted by Crippen LogP contribution is -2.35. The number of nitrogens with one attached hydrogen (secondary N) is 1. The number of aromatic amines is 1. The van der Waals surface area contributed by atoms with Crippen molar-refractivity contribution in [2.24, 2.45) is 5.73 Å². The number of primary amides is 1. The van der Waals surface area contributed by atoms with Crippen molar-refractivity contribution in [3.05, 3.63) is 18.2 Å². The summed E-state index contributed by atoms with van der Waals surface area (Å²) in [6.07, 6.45) is 10.3. The predicted octanol–water partition coefficient (Wildman–Crippen LogP) is 2.09. The number of rotatable bonds is 11. The van der Waals surface area contributed by atoms with Crippen molar-refractivity contribution in [2.45, 2.75) is 51.9 Å². The second kappa shape index (κ2) is 9.96. The molecule has 0 aliphatic heterocycles. The van der Waals surface area contributed by atoms with Gasteiger partial charge in [0.2, 0.25) is 5.91 Å². The normalized spacial score (nSPS) is 10.5. The summed E-state index contributed by atoms with van der Waals surface area (Å²) in [7, 11) is 0. The van der Waals surface area contributed by atoms with Crippen LogP contribution in [0.25, 0.3) is 0 Å². The number of hydrogen-bond donors (Lipinski definition) is 2. The Morgan fingerprint density at radius 2 is 1.90 bits per heavy atom. The molecule has 0 aromatic carbocycles. The van der Waals surface area contributed by atoms with Crippen LogP contribution in [0.15, 0.2) is 12.4 Å². The van der Waals surface area contributed by atoms with Crippen LogP contribution >= 0.6 is 0 Å². The van der Waals surface area contributed by atoms with Gasteiger partial charge in [0.05, 0.1) is 0 Å². The monoisotopic (exact) mass is 294 g/mol. The van der Waals surface area contributed by atoms with Crippen LogP contribution in [-0.4, -0.2) is 39.8 Å². The lowest BCUT2D eigenvalue weighted by molar-refractivity contribution is -0.118. The minimum absolute atomic E-state index is 0.171. The maximum atomic E-state index is 12.3. The third kappa shape index (κ3) is 6.92. The molecule has 0 bridgehead atoms. The summed E-state index contributed by atoms with van der Waals surface area (Å²) in [5, 5.41) is 0. The van der Waals surface area contributed by atoms with Gasteiger partial charge >= 0.3 is 0 Å². The van der Waals surface area contributed by atoms with Crippen LogP contribution in [0, 0.1) is 0 Å². The number of imidazole rings is 1. The van der Waals surface area contributed by atoms with Crippen LogP contribution in [0.3, 0.4) is 0 Å². The first-order valence-corrected chi connectivity index (χ1v) is 7.72. The molecule has 0 spiro atoms. The summed E-state index contributed by atoms with van der Waals surface area (Å²) >= 11 is 0. The van der Waals surface area contributed by atoms with Gasteiger partial charge in [-0.2, -0.15) is 0 Å². The molecule has 1 aromatic heterocycles. The highest BCUT2D eigenvalue weighted by Gasteiger charge is 2.17. The minimum atomic E-state index is -0.393. The number of amides is 2. The largest absolute Gasteiger partial charge is 0.370 e. The number of nitrogens with zero attached hydrogens (tertiary/aromatic N) is 2. The van der Waals surface area contributed by atoms with Gasteiger partial charge in [-0.3, -0.25) is 9.59 Å². The fourth-order valence-corrected chi connectivity index (χ4v) is 2.18. The van der Waals surface area contributed by atoms with E-state index < -0.39 is 5.91 Å². The number of carbonyl (C=O) groups is 2. The van der Waals surface area contributed by atoms with E-state index in [0.29, 0.717) is 18.9 Å². The molecule has 0 radical (unpaired) electrons. The Labute approximate surface area is 126 Å².